The molecule has 1 unspecified atom stereocenters. The summed E-state index contributed by atoms with van der Waals surface area (Å²) in [5.74, 6) is 0. The van der Waals surface area contributed by atoms with Gasteiger partial charge in [0.05, 0.1) is 5.69 Å². The van der Waals surface area contributed by atoms with Crippen molar-refractivity contribution in [2.45, 2.75) is 53.7 Å². The van der Waals surface area contributed by atoms with E-state index in [1.807, 2.05) is 20.8 Å². The molecule has 124 valence electrons. The molecule has 2 aromatic rings. The van der Waals surface area contributed by atoms with Gasteiger partial charge in [0.2, 0.25) is 5.28 Å². The average Bonchev–Trinajstić information content (AvgIpc) is 2.83. The maximum atomic E-state index is 12.3. The molecule has 0 fully saturated rings. The smallest absolute Gasteiger partial charge is 0.265 e. The van der Waals surface area contributed by atoms with Crippen molar-refractivity contribution in [3.8, 4) is 0 Å². The van der Waals surface area contributed by atoms with Crippen LogP contribution in [0.5, 0.6) is 0 Å². The number of aryl methyl sites for hydroxylation is 1. The topological polar surface area (TPSA) is 61.9 Å². The zero-order valence-corrected chi connectivity index (χ0v) is 14.9. The summed E-state index contributed by atoms with van der Waals surface area (Å²) in [7, 11) is 1.60. The van der Waals surface area contributed by atoms with E-state index in [0.717, 1.165) is 12.8 Å². The Morgan fingerprint density at radius 3 is 2.50 bits per heavy atom. The Balaban J connectivity index is 0.00000116. The Labute approximate surface area is 136 Å². The Hall–Kier alpha value is -1.40. The maximum absolute atomic E-state index is 12.3. The Bertz CT molecular complexity index is 672. The van der Waals surface area contributed by atoms with Crippen LogP contribution in [0.1, 0.15) is 52.5 Å². The molecule has 0 aliphatic carbocycles. The van der Waals surface area contributed by atoms with Gasteiger partial charge in [-0.3, -0.25) is 9.36 Å². The Morgan fingerprint density at radius 2 is 1.95 bits per heavy atom. The molecule has 0 spiro atoms. The summed E-state index contributed by atoms with van der Waals surface area (Å²) in [5.41, 5.74) is 0.948. The summed E-state index contributed by atoms with van der Waals surface area (Å²) in [5, 5.41) is 5.07. The second kappa shape index (κ2) is 8.29. The lowest BCUT2D eigenvalue weighted by atomic mass is 10.3. The lowest BCUT2D eigenvalue weighted by Crippen LogP contribution is -2.20. The highest BCUT2D eigenvalue weighted by atomic mass is 35.5. The summed E-state index contributed by atoms with van der Waals surface area (Å²) in [6.07, 6.45) is 1.53. The van der Waals surface area contributed by atoms with Crippen LogP contribution >= 0.6 is 11.6 Å². The number of aromatic nitrogens is 4. The number of ether oxygens (including phenoxy) is 1. The number of nitrogens with zero attached hydrogens (tertiary/aromatic N) is 4. The van der Waals surface area contributed by atoms with Gasteiger partial charge in [0.1, 0.15) is 5.39 Å². The highest BCUT2D eigenvalue weighted by Crippen LogP contribution is 2.22. The first kappa shape index (κ1) is 18.6. The van der Waals surface area contributed by atoms with Gasteiger partial charge in [-0.05, 0) is 31.9 Å². The first-order chi connectivity index (χ1) is 10.5. The van der Waals surface area contributed by atoms with Crippen molar-refractivity contribution in [1.82, 2.24) is 19.3 Å². The van der Waals surface area contributed by atoms with E-state index in [0.29, 0.717) is 23.3 Å². The van der Waals surface area contributed by atoms with Crippen LogP contribution in [0, 0.1) is 6.92 Å². The molecule has 1 atom stereocenters. The van der Waals surface area contributed by atoms with Crippen LogP contribution in [0.15, 0.2) is 4.79 Å². The zero-order chi connectivity index (χ0) is 16.9. The van der Waals surface area contributed by atoms with Crippen molar-refractivity contribution in [3.63, 3.8) is 0 Å². The molecule has 2 rings (SSSR count). The minimum atomic E-state index is -0.225. The minimum absolute atomic E-state index is 0.149. The summed E-state index contributed by atoms with van der Waals surface area (Å²) >= 11 is 6.00. The van der Waals surface area contributed by atoms with E-state index in [-0.39, 0.29) is 17.1 Å². The second-order valence-electron chi connectivity index (χ2n) is 4.67. The molecule has 0 N–H and O–H groups in total. The van der Waals surface area contributed by atoms with E-state index >= 15 is 0 Å². The molecule has 7 heteroatoms. The summed E-state index contributed by atoms with van der Waals surface area (Å²) in [4.78, 5) is 16.6. The van der Waals surface area contributed by atoms with Crippen LogP contribution in [0.2, 0.25) is 5.28 Å². The zero-order valence-electron chi connectivity index (χ0n) is 14.2. The highest BCUT2D eigenvalue weighted by molar-refractivity contribution is 6.28. The van der Waals surface area contributed by atoms with Crippen molar-refractivity contribution >= 4 is 22.6 Å². The molecule has 6 nitrogen and oxygen atoms in total. The van der Waals surface area contributed by atoms with Gasteiger partial charge in [-0.25, -0.2) is 4.68 Å². The van der Waals surface area contributed by atoms with E-state index in [9.17, 15) is 4.79 Å². The summed E-state index contributed by atoms with van der Waals surface area (Å²) < 4.78 is 8.70. The Morgan fingerprint density at radius 1 is 1.32 bits per heavy atom. The normalized spacial score (nSPS) is 12.1. The van der Waals surface area contributed by atoms with Gasteiger partial charge >= 0.3 is 0 Å². The van der Waals surface area contributed by atoms with Crippen molar-refractivity contribution in [2.75, 3.05) is 6.61 Å². The predicted molar refractivity (Wildman–Crippen MR) is 89.4 cm³/mol. The fraction of sp³-hybridized carbons (Fsp3) is 0.667. The quantitative estimate of drug-likeness (QED) is 0.789. The third-order valence-corrected chi connectivity index (χ3v) is 3.56. The molecule has 0 aromatic carbocycles. The molecule has 0 amide bonds. The van der Waals surface area contributed by atoms with Crippen LogP contribution in [-0.4, -0.2) is 25.9 Å². The molecule has 2 heterocycles. The van der Waals surface area contributed by atoms with Crippen molar-refractivity contribution in [3.05, 3.63) is 21.3 Å². The van der Waals surface area contributed by atoms with E-state index in [4.69, 9.17) is 16.3 Å². The van der Waals surface area contributed by atoms with Crippen LogP contribution in [-0.2, 0) is 11.8 Å². The first-order valence-corrected chi connectivity index (χ1v) is 8.11. The van der Waals surface area contributed by atoms with Gasteiger partial charge in [-0.2, -0.15) is 10.1 Å². The molecule has 0 aliphatic heterocycles. The van der Waals surface area contributed by atoms with Crippen LogP contribution < -0.4 is 5.56 Å². The Kier molecular flexibility index (Phi) is 7.03. The van der Waals surface area contributed by atoms with E-state index in [1.54, 1.807) is 18.7 Å². The van der Waals surface area contributed by atoms with Crippen LogP contribution in [0.25, 0.3) is 11.0 Å². The van der Waals surface area contributed by atoms with Gasteiger partial charge in [-0.1, -0.05) is 27.2 Å². The minimum Gasteiger partial charge on any atom is -0.357 e. The monoisotopic (exact) mass is 328 g/mol. The number of hydrogen-bond donors (Lipinski definition) is 0. The van der Waals surface area contributed by atoms with Crippen LogP contribution in [0.3, 0.4) is 0 Å². The predicted octanol–water partition coefficient (Wildman–Crippen LogP) is 3.45. The van der Waals surface area contributed by atoms with Gasteiger partial charge in [0, 0.05) is 13.7 Å². The molecular formula is C15H25ClN4O2. The third kappa shape index (κ3) is 3.50. The largest absolute Gasteiger partial charge is 0.357 e. The molecule has 0 saturated heterocycles. The van der Waals surface area contributed by atoms with Gasteiger partial charge in [0.25, 0.3) is 5.56 Å². The molecular weight excluding hydrogens is 304 g/mol. The lowest BCUT2D eigenvalue weighted by Gasteiger charge is -2.17. The van der Waals surface area contributed by atoms with Gasteiger partial charge in [0.15, 0.2) is 11.9 Å². The summed E-state index contributed by atoms with van der Waals surface area (Å²) in [6.45, 7) is 10.4. The maximum Gasteiger partial charge on any atom is 0.265 e. The van der Waals surface area contributed by atoms with E-state index in [2.05, 4.69) is 17.0 Å². The third-order valence-electron chi connectivity index (χ3n) is 3.22. The lowest BCUT2D eigenvalue weighted by molar-refractivity contribution is -0.00235. The molecule has 2 aromatic heterocycles. The number of rotatable bonds is 5. The fourth-order valence-electron chi connectivity index (χ4n) is 2.22. The number of fused-ring (bicyclic) bond motifs is 1. The average molecular weight is 329 g/mol. The number of halogens is 1. The second-order valence-corrected chi connectivity index (χ2v) is 5.01. The molecule has 0 radical (unpaired) electrons. The molecule has 0 bridgehead atoms. The molecule has 22 heavy (non-hydrogen) atoms. The van der Waals surface area contributed by atoms with Crippen LogP contribution in [0.4, 0.5) is 0 Å². The highest BCUT2D eigenvalue weighted by Gasteiger charge is 2.21. The van der Waals surface area contributed by atoms with Crippen molar-refractivity contribution in [2.24, 2.45) is 7.05 Å². The molecule has 0 aliphatic rings. The first-order valence-electron chi connectivity index (χ1n) is 7.74. The fourth-order valence-corrected chi connectivity index (χ4v) is 2.38. The standard InChI is InChI=1S/C13H19ClN4O2.C2H6/c1-5-7-9(20-6-2)18-11-10(8(3)16-18)12(19)17(4)13(14)15-11;1-2/h9H,5-7H2,1-4H3;1-2H3. The van der Waals surface area contributed by atoms with E-state index in [1.165, 1.54) is 4.57 Å². The molecule has 0 saturated carbocycles. The van der Waals surface area contributed by atoms with E-state index < -0.39 is 0 Å². The summed E-state index contributed by atoms with van der Waals surface area (Å²) in [6, 6.07) is 0. The van der Waals surface area contributed by atoms with Crippen molar-refractivity contribution < 1.29 is 4.74 Å². The van der Waals surface area contributed by atoms with Gasteiger partial charge in [-0.15, -0.1) is 0 Å². The van der Waals surface area contributed by atoms with Crippen molar-refractivity contribution in [1.29, 1.82) is 0 Å². The SMILES string of the molecule is CC.CCCC(OCC)n1nc(C)c2c(=O)n(C)c(Cl)nc21. The number of hydrogen-bond acceptors (Lipinski definition) is 4. The van der Waals surface area contributed by atoms with Gasteiger partial charge < -0.3 is 4.74 Å².